The highest BCUT2D eigenvalue weighted by Gasteiger charge is 2.19. The van der Waals surface area contributed by atoms with E-state index in [0.717, 1.165) is 21.9 Å². The summed E-state index contributed by atoms with van der Waals surface area (Å²) in [5, 5.41) is 13.5. The number of benzene rings is 3. The summed E-state index contributed by atoms with van der Waals surface area (Å²) in [6.45, 7) is 0.607. The fourth-order valence-corrected chi connectivity index (χ4v) is 3.17. The van der Waals surface area contributed by atoms with Crippen molar-refractivity contribution in [2.75, 3.05) is 0 Å². The second-order valence-corrected chi connectivity index (χ2v) is 5.52. The van der Waals surface area contributed by atoms with Crippen molar-refractivity contribution >= 4 is 27.5 Å². The quantitative estimate of drug-likeness (QED) is 0.405. The van der Waals surface area contributed by atoms with E-state index in [1.807, 2.05) is 65.2 Å². The van der Waals surface area contributed by atoms with E-state index in [1.54, 1.807) is 12.1 Å². The Morgan fingerprint density at radius 3 is 2.30 bits per heavy atom. The normalized spacial score (nSPS) is 11.1. The molecule has 0 aliphatic carbocycles. The molecule has 0 radical (unpaired) electrons. The van der Waals surface area contributed by atoms with Gasteiger partial charge in [-0.1, -0.05) is 60.7 Å². The third-order valence-electron chi connectivity index (χ3n) is 4.15. The van der Waals surface area contributed by atoms with Gasteiger partial charge in [-0.2, -0.15) is 0 Å². The van der Waals surface area contributed by atoms with Crippen LogP contribution in [0.25, 0.3) is 21.8 Å². The third-order valence-corrected chi connectivity index (χ3v) is 4.15. The lowest BCUT2D eigenvalue weighted by atomic mass is 10.1. The van der Waals surface area contributed by atoms with Gasteiger partial charge in [0.15, 0.2) is 0 Å². The van der Waals surface area contributed by atoms with Gasteiger partial charge in [-0.3, -0.25) is 10.1 Å². The molecular weight excluding hydrogens is 288 g/mol. The minimum atomic E-state index is -0.303. The first-order chi connectivity index (χ1) is 11.3. The number of hydrogen-bond donors (Lipinski definition) is 0. The van der Waals surface area contributed by atoms with Crippen LogP contribution in [0.3, 0.4) is 0 Å². The van der Waals surface area contributed by atoms with Crippen molar-refractivity contribution < 1.29 is 4.92 Å². The summed E-state index contributed by atoms with van der Waals surface area (Å²) in [7, 11) is 0. The van der Waals surface area contributed by atoms with Crippen LogP contribution < -0.4 is 0 Å². The van der Waals surface area contributed by atoms with Crippen LogP contribution in [0.15, 0.2) is 72.8 Å². The molecule has 4 nitrogen and oxygen atoms in total. The number of rotatable bonds is 3. The third kappa shape index (κ3) is 2.16. The first-order valence-corrected chi connectivity index (χ1v) is 7.44. The molecule has 1 aromatic heterocycles. The van der Waals surface area contributed by atoms with Crippen LogP contribution in [0.2, 0.25) is 0 Å². The first-order valence-electron chi connectivity index (χ1n) is 7.44. The molecule has 0 aliphatic heterocycles. The molecule has 0 atom stereocenters. The number of fused-ring (bicyclic) bond motifs is 3. The molecular formula is C19H14N2O2. The van der Waals surface area contributed by atoms with Gasteiger partial charge in [-0.25, -0.2) is 0 Å². The van der Waals surface area contributed by atoms with E-state index in [-0.39, 0.29) is 10.6 Å². The molecule has 1 heterocycles. The summed E-state index contributed by atoms with van der Waals surface area (Å²) in [5.74, 6) is 0. The summed E-state index contributed by atoms with van der Waals surface area (Å²) in [5.41, 5.74) is 2.96. The fourth-order valence-electron chi connectivity index (χ4n) is 3.17. The Hall–Kier alpha value is -3.14. The largest absolute Gasteiger partial charge is 0.330 e. The minimum Gasteiger partial charge on any atom is -0.330 e. The van der Waals surface area contributed by atoms with E-state index in [2.05, 4.69) is 0 Å². The number of non-ortho nitro benzene ring substituents is 1. The van der Waals surface area contributed by atoms with E-state index in [0.29, 0.717) is 12.1 Å². The molecule has 0 aliphatic rings. The first kappa shape index (κ1) is 13.5. The Labute approximate surface area is 132 Å². The topological polar surface area (TPSA) is 48.1 Å². The van der Waals surface area contributed by atoms with E-state index >= 15 is 0 Å². The predicted molar refractivity (Wildman–Crippen MR) is 91.6 cm³/mol. The lowest BCUT2D eigenvalue weighted by molar-refractivity contribution is -0.383. The molecule has 0 amide bonds. The van der Waals surface area contributed by atoms with E-state index in [1.165, 1.54) is 0 Å². The van der Waals surface area contributed by atoms with Crippen molar-refractivity contribution in [2.24, 2.45) is 0 Å². The number of hydrogen-bond acceptors (Lipinski definition) is 2. The van der Waals surface area contributed by atoms with Crippen LogP contribution in [-0.4, -0.2) is 9.49 Å². The highest BCUT2D eigenvalue weighted by Crippen LogP contribution is 2.35. The number of nitrogens with zero attached hydrogens (tertiary/aromatic N) is 2. The standard InChI is InChI=1S/C19H14N2O2/c22-21(23)18-12-6-10-16-15-9-4-5-11-17(15)20(19(16)18)13-14-7-2-1-3-8-14/h1-12H,13H2. The van der Waals surface area contributed by atoms with Crippen molar-refractivity contribution in [3.05, 3.63) is 88.5 Å². The lowest BCUT2D eigenvalue weighted by Crippen LogP contribution is -2.01. The van der Waals surface area contributed by atoms with Crippen molar-refractivity contribution in [1.29, 1.82) is 0 Å². The van der Waals surface area contributed by atoms with Crippen molar-refractivity contribution in [3.63, 3.8) is 0 Å². The number of aromatic nitrogens is 1. The Bertz CT molecular complexity index is 1020. The smallest absolute Gasteiger partial charge is 0.293 e. The van der Waals surface area contributed by atoms with Gasteiger partial charge in [0, 0.05) is 28.9 Å². The second kappa shape index (κ2) is 5.25. The molecule has 4 heteroatoms. The van der Waals surface area contributed by atoms with Crippen molar-refractivity contribution in [1.82, 2.24) is 4.57 Å². The Kier molecular flexibility index (Phi) is 3.08. The maximum Gasteiger partial charge on any atom is 0.293 e. The number of para-hydroxylation sites is 2. The summed E-state index contributed by atoms with van der Waals surface area (Å²) < 4.78 is 2.04. The molecule has 0 N–H and O–H groups in total. The zero-order chi connectivity index (χ0) is 15.8. The van der Waals surface area contributed by atoms with E-state index in [9.17, 15) is 10.1 Å². The van der Waals surface area contributed by atoms with Crippen LogP contribution in [0.5, 0.6) is 0 Å². The molecule has 4 rings (SSSR count). The molecule has 112 valence electrons. The maximum absolute atomic E-state index is 11.5. The Morgan fingerprint density at radius 2 is 1.52 bits per heavy atom. The Balaban J connectivity index is 2.08. The summed E-state index contributed by atoms with van der Waals surface area (Å²) in [4.78, 5) is 11.2. The maximum atomic E-state index is 11.5. The lowest BCUT2D eigenvalue weighted by Gasteiger charge is -2.08. The molecule has 0 saturated heterocycles. The average molecular weight is 302 g/mol. The van der Waals surface area contributed by atoms with Gasteiger partial charge in [0.1, 0.15) is 5.52 Å². The van der Waals surface area contributed by atoms with Crippen LogP contribution in [0.1, 0.15) is 5.56 Å². The molecule has 3 aromatic carbocycles. The van der Waals surface area contributed by atoms with Gasteiger partial charge in [-0.05, 0) is 11.6 Å². The van der Waals surface area contributed by atoms with Crippen LogP contribution in [0, 0.1) is 10.1 Å². The van der Waals surface area contributed by atoms with Crippen molar-refractivity contribution in [2.45, 2.75) is 6.54 Å². The summed E-state index contributed by atoms with van der Waals surface area (Å²) in [6.07, 6.45) is 0. The SMILES string of the molecule is O=[N+]([O-])c1cccc2c3ccccc3n(Cc3ccccc3)c12. The molecule has 0 unspecified atom stereocenters. The van der Waals surface area contributed by atoms with Crippen LogP contribution in [-0.2, 0) is 6.54 Å². The molecule has 23 heavy (non-hydrogen) atoms. The minimum absolute atomic E-state index is 0.148. The molecule has 0 fully saturated rings. The fraction of sp³-hybridized carbons (Fsp3) is 0.0526. The van der Waals surface area contributed by atoms with E-state index < -0.39 is 0 Å². The molecule has 0 bridgehead atoms. The molecule has 4 aromatic rings. The van der Waals surface area contributed by atoms with Crippen LogP contribution >= 0.6 is 0 Å². The molecule has 0 spiro atoms. The van der Waals surface area contributed by atoms with Gasteiger partial charge in [0.05, 0.1) is 4.92 Å². The number of nitro groups is 1. The number of nitro benzene ring substituents is 1. The average Bonchev–Trinajstić information content (AvgIpc) is 2.90. The van der Waals surface area contributed by atoms with E-state index in [4.69, 9.17) is 0 Å². The van der Waals surface area contributed by atoms with Gasteiger partial charge in [-0.15, -0.1) is 0 Å². The highest BCUT2D eigenvalue weighted by atomic mass is 16.6. The highest BCUT2D eigenvalue weighted by molar-refractivity contribution is 6.10. The van der Waals surface area contributed by atoms with Gasteiger partial charge in [0.2, 0.25) is 0 Å². The van der Waals surface area contributed by atoms with Gasteiger partial charge in [0.25, 0.3) is 5.69 Å². The zero-order valence-corrected chi connectivity index (χ0v) is 12.3. The Morgan fingerprint density at radius 1 is 0.826 bits per heavy atom. The predicted octanol–water partition coefficient (Wildman–Crippen LogP) is 4.75. The van der Waals surface area contributed by atoms with Gasteiger partial charge >= 0.3 is 0 Å². The van der Waals surface area contributed by atoms with Crippen LogP contribution in [0.4, 0.5) is 5.69 Å². The summed E-state index contributed by atoms with van der Waals surface area (Å²) in [6, 6.07) is 23.2. The second-order valence-electron chi connectivity index (χ2n) is 5.52. The van der Waals surface area contributed by atoms with Crippen molar-refractivity contribution in [3.8, 4) is 0 Å². The van der Waals surface area contributed by atoms with Gasteiger partial charge < -0.3 is 4.57 Å². The molecule has 0 saturated carbocycles. The summed E-state index contributed by atoms with van der Waals surface area (Å²) >= 11 is 0. The zero-order valence-electron chi connectivity index (χ0n) is 12.3. The monoisotopic (exact) mass is 302 g/mol.